The van der Waals surface area contributed by atoms with Crippen molar-refractivity contribution in [1.29, 1.82) is 0 Å². The highest BCUT2D eigenvalue weighted by Gasteiger charge is 2.66. The molecule has 0 aliphatic carbocycles. The van der Waals surface area contributed by atoms with Crippen molar-refractivity contribution in [2.75, 3.05) is 12.8 Å². The normalized spacial score (nSPS) is 23.7. The molecule has 0 N–H and O–H groups in total. The highest BCUT2D eigenvalue weighted by Crippen LogP contribution is 2.56. The van der Waals surface area contributed by atoms with Gasteiger partial charge in [0.05, 0.1) is 0 Å². The summed E-state index contributed by atoms with van der Waals surface area (Å²) in [4.78, 5) is 14.9. The molecule has 32 heavy (non-hydrogen) atoms. The number of hydrogen-bond donors (Lipinski definition) is 0. The number of thioether (sulfide) groups is 1. The highest BCUT2D eigenvalue weighted by molar-refractivity contribution is 7.99. The Balaban J connectivity index is 1.69. The Morgan fingerprint density at radius 1 is 1.09 bits per heavy atom. The third kappa shape index (κ3) is 3.17. The van der Waals surface area contributed by atoms with Crippen molar-refractivity contribution in [3.63, 3.8) is 0 Å². The number of nitrogens with zero attached hydrogens (tertiary/aromatic N) is 2. The van der Waals surface area contributed by atoms with Gasteiger partial charge in [-0.15, -0.1) is 11.8 Å². The van der Waals surface area contributed by atoms with Gasteiger partial charge in [0.2, 0.25) is 6.10 Å². The first kappa shape index (κ1) is 21.5. The standard InChI is InChI=1S/C26H27ClN2O2S/c1-17-14-21-22(29(17)19-12-10-18(27)11-13-19)15-25(2,3)16-28-24(30)23(26(21,28)32-4)31-20-8-6-5-7-9-20/h5-14,23H,15-16H2,1-4H3/t23-,26-/m1/s1. The van der Waals surface area contributed by atoms with E-state index >= 15 is 0 Å². The number of ether oxygens (including phenoxy) is 1. The zero-order chi connectivity index (χ0) is 22.7. The molecule has 1 amide bonds. The van der Waals surface area contributed by atoms with Crippen LogP contribution in [0.3, 0.4) is 0 Å². The van der Waals surface area contributed by atoms with Gasteiger partial charge in [0.1, 0.15) is 5.75 Å². The Hall–Kier alpha value is -2.37. The maximum absolute atomic E-state index is 13.4. The van der Waals surface area contributed by atoms with Gasteiger partial charge in [-0.25, -0.2) is 0 Å². The molecule has 3 aromatic rings. The molecule has 2 aromatic carbocycles. The number of fused-ring (bicyclic) bond motifs is 3. The first-order chi connectivity index (χ1) is 15.3. The number of hydrogen-bond acceptors (Lipinski definition) is 3. The molecular formula is C26H27ClN2O2S. The van der Waals surface area contributed by atoms with Crippen molar-refractivity contribution in [2.24, 2.45) is 5.41 Å². The lowest BCUT2D eigenvalue weighted by Crippen LogP contribution is -2.72. The van der Waals surface area contributed by atoms with Gasteiger partial charge in [0.25, 0.3) is 5.91 Å². The molecule has 1 fully saturated rings. The van der Waals surface area contributed by atoms with E-state index < -0.39 is 11.0 Å². The molecule has 1 aromatic heterocycles. The van der Waals surface area contributed by atoms with Gasteiger partial charge in [-0.2, -0.15) is 0 Å². The van der Waals surface area contributed by atoms with Crippen molar-refractivity contribution in [1.82, 2.24) is 9.47 Å². The van der Waals surface area contributed by atoms with Crippen molar-refractivity contribution in [3.05, 3.63) is 82.6 Å². The number of para-hydroxylation sites is 1. The molecule has 0 radical (unpaired) electrons. The second-order valence-electron chi connectivity index (χ2n) is 9.43. The number of carbonyl (C=O) groups is 1. The fourth-order valence-electron chi connectivity index (χ4n) is 5.18. The second-order valence-corrected chi connectivity index (χ2v) is 10.9. The van der Waals surface area contributed by atoms with Crippen LogP contribution in [0.4, 0.5) is 0 Å². The topological polar surface area (TPSA) is 34.5 Å². The predicted octanol–water partition coefficient (Wildman–Crippen LogP) is 5.83. The lowest BCUT2D eigenvalue weighted by atomic mass is 9.87. The molecule has 0 bridgehead atoms. The summed E-state index contributed by atoms with van der Waals surface area (Å²) in [6, 6.07) is 19.9. The van der Waals surface area contributed by atoms with E-state index in [0.717, 1.165) is 28.6 Å². The molecule has 4 nitrogen and oxygen atoms in total. The largest absolute Gasteiger partial charge is 0.477 e. The number of amides is 1. The molecule has 2 aliphatic rings. The minimum Gasteiger partial charge on any atom is -0.477 e. The molecular weight excluding hydrogens is 440 g/mol. The third-order valence-electron chi connectivity index (χ3n) is 6.54. The number of aryl methyl sites for hydroxylation is 1. The number of aromatic nitrogens is 1. The first-order valence-corrected chi connectivity index (χ1v) is 12.4. The van der Waals surface area contributed by atoms with E-state index in [1.54, 1.807) is 11.8 Å². The van der Waals surface area contributed by atoms with E-state index in [0.29, 0.717) is 6.54 Å². The Morgan fingerprint density at radius 2 is 1.78 bits per heavy atom. The minimum absolute atomic E-state index is 0.0565. The van der Waals surface area contributed by atoms with Crippen molar-refractivity contribution in [3.8, 4) is 11.4 Å². The molecule has 5 rings (SSSR count). The van der Waals surface area contributed by atoms with E-state index in [1.807, 2.05) is 47.4 Å². The van der Waals surface area contributed by atoms with Crippen LogP contribution in [0.2, 0.25) is 5.02 Å². The van der Waals surface area contributed by atoms with E-state index in [-0.39, 0.29) is 11.3 Å². The average Bonchev–Trinajstić information content (AvgIpc) is 3.05. The lowest BCUT2D eigenvalue weighted by molar-refractivity contribution is -0.171. The summed E-state index contributed by atoms with van der Waals surface area (Å²) in [5.41, 5.74) is 4.56. The molecule has 0 saturated carbocycles. The summed E-state index contributed by atoms with van der Waals surface area (Å²) >= 11 is 7.86. The van der Waals surface area contributed by atoms with Crippen LogP contribution >= 0.6 is 23.4 Å². The Bertz CT molecular complexity index is 1170. The molecule has 0 unspecified atom stereocenters. The molecule has 166 valence electrons. The summed E-state index contributed by atoms with van der Waals surface area (Å²) in [5, 5.41) is 0.720. The fraction of sp³-hybridized carbons (Fsp3) is 0.346. The lowest BCUT2D eigenvalue weighted by Gasteiger charge is -2.56. The highest BCUT2D eigenvalue weighted by atomic mass is 35.5. The summed E-state index contributed by atoms with van der Waals surface area (Å²) in [6.07, 6.45) is 2.38. The van der Waals surface area contributed by atoms with Crippen LogP contribution in [0.25, 0.3) is 5.69 Å². The maximum atomic E-state index is 13.4. The zero-order valence-electron chi connectivity index (χ0n) is 18.8. The van der Waals surface area contributed by atoms with Gasteiger partial charge in [0, 0.05) is 34.2 Å². The van der Waals surface area contributed by atoms with Gasteiger partial charge >= 0.3 is 0 Å². The number of carbonyl (C=O) groups excluding carboxylic acids is 1. The van der Waals surface area contributed by atoms with Crippen molar-refractivity contribution < 1.29 is 9.53 Å². The fourth-order valence-corrected chi connectivity index (χ4v) is 6.44. The number of β-lactam (4-membered cyclic amide) rings is 1. The predicted molar refractivity (Wildman–Crippen MR) is 131 cm³/mol. The smallest absolute Gasteiger partial charge is 0.269 e. The van der Waals surface area contributed by atoms with Crippen LogP contribution in [0.5, 0.6) is 5.75 Å². The molecule has 1 saturated heterocycles. The van der Waals surface area contributed by atoms with E-state index in [9.17, 15) is 4.79 Å². The third-order valence-corrected chi connectivity index (χ3v) is 8.07. The summed E-state index contributed by atoms with van der Waals surface area (Å²) in [7, 11) is 0. The molecule has 6 heteroatoms. The minimum atomic E-state index is -0.562. The van der Waals surface area contributed by atoms with E-state index in [1.165, 1.54) is 11.3 Å². The Labute approximate surface area is 198 Å². The Morgan fingerprint density at radius 3 is 2.44 bits per heavy atom. The number of benzene rings is 2. The molecule has 2 aliphatic heterocycles. The molecule has 3 heterocycles. The average molecular weight is 467 g/mol. The van der Waals surface area contributed by atoms with E-state index in [4.69, 9.17) is 16.3 Å². The summed E-state index contributed by atoms with van der Waals surface area (Å²) in [6.45, 7) is 7.29. The van der Waals surface area contributed by atoms with Gasteiger partial charge in [-0.3, -0.25) is 4.79 Å². The van der Waals surface area contributed by atoms with Gasteiger partial charge in [0.15, 0.2) is 4.87 Å². The van der Waals surface area contributed by atoms with Gasteiger partial charge in [-0.05, 0) is 67.5 Å². The van der Waals surface area contributed by atoms with Crippen LogP contribution in [-0.4, -0.2) is 34.3 Å². The maximum Gasteiger partial charge on any atom is 0.269 e. The van der Waals surface area contributed by atoms with Crippen LogP contribution in [0.1, 0.15) is 30.8 Å². The number of rotatable bonds is 4. The van der Waals surface area contributed by atoms with Gasteiger partial charge in [-0.1, -0.05) is 43.6 Å². The van der Waals surface area contributed by atoms with Crippen LogP contribution in [0.15, 0.2) is 60.7 Å². The second kappa shape index (κ2) is 7.60. The van der Waals surface area contributed by atoms with E-state index in [2.05, 4.69) is 49.8 Å². The van der Waals surface area contributed by atoms with Crippen molar-refractivity contribution >= 4 is 29.3 Å². The number of halogens is 1. The van der Waals surface area contributed by atoms with Crippen molar-refractivity contribution in [2.45, 2.75) is 38.2 Å². The van der Waals surface area contributed by atoms with Crippen LogP contribution < -0.4 is 4.74 Å². The van der Waals surface area contributed by atoms with Crippen LogP contribution in [-0.2, 0) is 16.1 Å². The Kier molecular flexibility index (Phi) is 5.10. The quantitative estimate of drug-likeness (QED) is 0.454. The van der Waals surface area contributed by atoms with Gasteiger partial charge < -0.3 is 14.2 Å². The SMILES string of the molecule is CS[C@@]12c3cc(C)n(-c4ccc(Cl)cc4)c3CC(C)(C)CN1C(=O)[C@H]2Oc1ccccc1. The first-order valence-electron chi connectivity index (χ1n) is 10.8. The molecule has 0 spiro atoms. The summed E-state index contributed by atoms with van der Waals surface area (Å²) < 4.78 is 8.66. The zero-order valence-corrected chi connectivity index (χ0v) is 20.3. The monoisotopic (exact) mass is 466 g/mol. The summed E-state index contributed by atoms with van der Waals surface area (Å²) in [5.74, 6) is 0.777. The van der Waals surface area contributed by atoms with Crippen LogP contribution in [0, 0.1) is 12.3 Å². The molecule has 2 atom stereocenters.